The number of carboxylic acids is 1. The van der Waals surface area contributed by atoms with Gasteiger partial charge in [0.15, 0.2) is 0 Å². The molecule has 1 aliphatic rings. The number of likely N-dealkylation sites (tertiary alicyclic amines) is 1. The van der Waals surface area contributed by atoms with Crippen LogP contribution in [0, 0.1) is 5.92 Å². The summed E-state index contributed by atoms with van der Waals surface area (Å²) in [5.74, 6) is -0.363. The third-order valence-corrected chi connectivity index (χ3v) is 3.87. The van der Waals surface area contributed by atoms with E-state index in [-0.39, 0.29) is 24.3 Å². The second-order valence-corrected chi connectivity index (χ2v) is 5.40. The summed E-state index contributed by atoms with van der Waals surface area (Å²) >= 11 is 0. The molecular formula is C14H26N2O3. The van der Waals surface area contributed by atoms with Crippen molar-refractivity contribution in [3.8, 4) is 0 Å². The fraction of sp³-hybridized carbons (Fsp3) is 0.857. The number of aliphatic carboxylic acids is 1. The molecule has 0 spiro atoms. The number of carbonyl (C=O) groups is 2. The van der Waals surface area contributed by atoms with Gasteiger partial charge < -0.3 is 10.4 Å². The van der Waals surface area contributed by atoms with Crippen LogP contribution < -0.4 is 5.32 Å². The highest BCUT2D eigenvalue weighted by Gasteiger charge is 2.27. The van der Waals surface area contributed by atoms with Crippen molar-refractivity contribution in [1.82, 2.24) is 10.2 Å². The van der Waals surface area contributed by atoms with E-state index in [0.29, 0.717) is 0 Å². The van der Waals surface area contributed by atoms with E-state index in [1.807, 2.05) is 6.92 Å². The fourth-order valence-electron chi connectivity index (χ4n) is 2.49. The van der Waals surface area contributed by atoms with Gasteiger partial charge in [0.2, 0.25) is 5.91 Å². The minimum absolute atomic E-state index is 0.0881. The zero-order valence-corrected chi connectivity index (χ0v) is 12.0. The molecule has 0 aromatic heterocycles. The summed E-state index contributed by atoms with van der Waals surface area (Å²) in [6, 6.07) is -0.109. The predicted molar refractivity (Wildman–Crippen MR) is 73.9 cm³/mol. The lowest BCUT2D eigenvalue weighted by Crippen LogP contribution is -2.48. The summed E-state index contributed by atoms with van der Waals surface area (Å²) in [5, 5.41) is 11.7. The van der Waals surface area contributed by atoms with Crippen LogP contribution in [0.1, 0.15) is 46.0 Å². The van der Waals surface area contributed by atoms with E-state index in [9.17, 15) is 9.59 Å². The van der Waals surface area contributed by atoms with Gasteiger partial charge in [-0.15, -0.1) is 0 Å². The fourth-order valence-corrected chi connectivity index (χ4v) is 2.49. The van der Waals surface area contributed by atoms with Crippen LogP contribution in [0.25, 0.3) is 0 Å². The van der Waals surface area contributed by atoms with Crippen molar-refractivity contribution >= 4 is 11.9 Å². The van der Waals surface area contributed by atoms with Crippen LogP contribution in [0.4, 0.5) is 0 Å². The molecule has 1 aliphatic heterocycles. The van der Waals surface area contributed by atoms with Crippen molar-refractivity contribution in [3.05, 3.63) is 0 Å². The topological polar surface area (TPSA) is 69.6 Å². The maximum Gasteiger partial charge on any atom is 0.303 e. The molecule has 1 amide bonds. The van der Waals surface area contributed by atoms with Crippen LogP contribution in [0.5, 0.6) is 0 Å². The number of carboxylic acid groups (broad SMARTS) is 1. The Morgan fingerprint density at radius 1 is 1.37 bits per heavy atom. The monoisotopic (exact) mass is 270 g/mol. The third-order valence-electron chi connectivity index (χ3n) is 3.87. The van der Waals surface area contributed by atoms with E-state index < -0.39 is 5.97 Å². The van der Waals surface area contributed by atoms with Crippen molar-refractivity contribution in [2.45, 2.75) is 52.0 Å². The molecule has 1 fully saturated rings. The normalized spacial score (nSPS) is 19.1. The first-order chi connectivity index (χ1) is 9.04. The van der Waals surface area contributed by atoms with Gasteiger partial charge >= 0.3 is 5.97 Å². The zero-order valence-electron chi connectivity index (χ0n) is 12.0. The van der Waals surface area contributed by atoms with Crippen molar-refractivity contribution < 1.29 is 14.7 Å². The lowest BCUT2D eigenvalue weighted by Gasteiger charge is -2.34. The van der Waals surface area contributed by atoms with Crippen molar-refractivity contribution in [3.63, 3.8) is 0 Å². The van der Waals surface area contributed by atoms with E-state index in [2.05, 4.69) is 17.1 Å². The summed E-state index contributed by atoms with van der Waals surface area (Å²) in [7, 11) is 0. The molecule has 0 radical (unpaired) electrons. The van der Waals surface area contributed by atoms with Gasteiger partial charge in [0.1, 0.15) is 0 Å². The van der Waals surface area contributed by atoms with Crippen LogP contribution in [0.2, 0.25) is 0 Å². The number of amides is 1. The molecule has 0 aromatic carbocycles. The van der Waals surface area contributed by atoms with Crippen LogP contribution in [0.3, 0.4) is 0 Å². The zero-order chi connectivity index (χ0) is 14.3. The molecule has 1 saturated heterocycles. The van der Waals surface area contributed by atoms with E-state index in [1.165, 1.54) is 0 Å². The first-order valence-electron chi connectivity index (χ1n) is 7.28. The van der Waals surface area contributed by atoms with E-state index >= 15 is 0 Å². The Hall–Kier alpha value is -1.10. The Balaban J connectivity index is 2.29. The lowest BCUT2D eigenvalue weighted by atomic mass is 9.93. The molecule has 0 aliphatic carbocycles. The number of hydrogen-bond donors (Lipinski definition) is 2. The average molecular weight is 270 g/mol. The SMILES string of the molecule is CCCCNC(=O)C(C)N1CCC(CC(=O)O)CC1. The molecule has 19 heavy (non-hydrogen) atoms. The first kappa shape index (κ1) is 16.0. The predicted octanol–water partition coefficient (Wildman–Crippen LogP) is 1.48. The molecule has 0 saturated carbocycles. The number of rotatable bonds is 7. The second-order valence-electron chi connectivity index (χ2n) is 5.40. The van der Waals surface area contributed by atoms with E-state index in [0.717, 1.165) is 45.3 Å². The van der Waals surface area contributed by atoms with E-state index in [4.69, 9.17) is 5.11 Å². The van der Waals surface area contributed by atoms with Gasteiger partial charge in [0, 0.05) is 13.0 Å². The third kappa shape index (κ3) is 5.59. The smallest absolute Gasteiger partial charge is 0.303 e. The highest BCUT2D eigenvalue weighted by molar-refractivity contribution is 5.81. The number of nitrogens with one attached hydrogen (secondary N) is 1. The van der Waals surface area contributed by atoms with Gasteiger partial charge in [-0.25, -0.2) is 0 Å². The molecular weight excluding hydrogens is 244 g/mol. The molecule has 0 bridgehead atoms. The van der Waals surface area contributed by atoms with E-state index in [1.54, 1.807) is 0 Å². The van der Waals surface area contributed by atoms with Gasteiger partial charge in [-0.05, 0) is 45.2 Å². The van der Waals surface area contributed by atoms with Crippen molar-refractivity contribution in [2.24, 2.45) is 5.92 Å². The Bertz CT molecular complexity index is 299. The highest BCUT2D eigenvalue weighted by Crippen LogP contribution is 2.21. The summed E-state index contributed by atoms with van der Waals surface area (Å²) in [6.07, 6.45) is 4.09. The Morgan fingerprint density at radius 3 is 2.53 bits per heavy atom. The Morgan fingerprint density at radius 2 is 2.00 bits per heavy atom. The number of carbonyl (C=O) groups excluding carboxylic acids is 1. The van der Waals surface area contributed by atoms with Gasteiger partial charge in [-0.3, -0.25) is 14.5 Å². The molecule has 2 N–H and O–H groups in total. The first-order valence-corrected chi connectivity index (χ1v) is 7.28. The van der Waals surface area contributed by atoms with Crippen LogP contribution in [0.15, 0.2) is 0 Å². The average Bonchev–Trinajstić information content (AvgIpc) is 2.38. The highest BCUT2D eigenvalue weighted by atomic mass is 16.4. The molecule has 1 rings (SSSR count). The van der Waals surface area contributed by atoms with Crippen LogP contribution >= 0.6 is 0 Å². The Kier molecular flexibility index (Phi) is 6.84. The molecule has 0 aromatic rings. The molecule has 1 heterocycles. The lowest BCUT2D eigenvalue weighted by molar-refractivity contribution is -0.138. The van der Waals surface area contributed by atoms with Gasteiger partial charge in [0.25, 0.3) is 0 Å². The second kappa shape index (κ2) is 8.15. The number of piperidine rings is 1. The molecule has 110 valence electrons. The summed E-state index contributed by atoms with van der Waals surface area (Å²) < 4.78 is 0. The minimum atomic E-state index is -0.719. The standard InChI is InChI=1S/C14H26N2O3/c1-3-4-7-15-14(19)11(2)16-8-5-12(6-9-16)10-13(17)18/h11-12H,3-10H2,1-2H3,(H,15,19)(H,17,18). The van der Waals surface area contributed by atoms with Gasteiger partial charge in [0.05, 0.1) is 6.04 Å². The molecule has 1 atom stereocenters. The Labute approximate surface area is 115 Å². The number of unbranched alkanes of at least 4 members (excludes halogenated alkanes) is 1. The maximum absolute atomic E-state index is 11.9. The van der Waals surface area contributed by atoms with Crippen molar-refractivity contribution in [2.75, 3.05) is 19.6 Å². The molecule has 1 unspecified atom stereocenters. The summed E-state index contributed by atoms with van der Waals surface area (Å²) in [5.41, 5.74) is 0. The summed E-state index contributed by atoms with van der Waals surface area (Å²) in [6.45, 7) is 6.41. The number of nitrogens with zero attached hydrogens (tertiary/aromatic N) is 1. The summed E-state index contributed by atoms with van der Waals surface area (Å²) in [4.78, 5) is 24.7. The van der Waals surface area contributed by atoms with Gasteiger partial charge in [-0.2, -0.15) is 0 Å². The van der Waals surface area contributed by atoms with Crippen LogP contribution in [-0.4, -0.2) is 47.6 Å². The largest absolute Gasteiger partial charge is 0.481 e. The van der Waals surface area contributed by atoms with Crippen LogP contribution in [-0.2, 0) is 9.59 Å². The van der Waals surface area contributed by atoms with Crippen molar-refractivity contribution in [1.29, 1.82) is 0 Å². The molecule has 5 heteroatoms. The minimum Gasteiger partial charge on any atom is -0.481 e. The number of hydrogen-bond acceptors (Lipinski definition) is 3. The maximum atomic E-state index is 11.9. The quantitative estimate of drug-likeness (QED) is 0.687. The van der Waals surface area contributed by atoms with Gasteiger partial charge in [-0.1, -0.05) is 13.3 Å². The molecule has 5 nitrogen and oxygen atoms in total.